The molecule has 0 amide bonds. The Bertz CT molecular complexity index is 284. The van der Waals surface area contributed by atoms with Crippen molar-refractivity contribution < 1.29 is 0 Å². The fraction of sp³-hybridized carbons (Fsp3) is 0.667. The van der Waals surface area contributed by atoms with E-state index < -0.39 is 0 Å². The van der Waals surface area contributed by atoms with E-state index in [0.29, 0.717) is 0 Å². The van der Waals surface area contributed by atoms with Gasteiger partial charge in [0.15, 0.2) is 0 Å². The van der Waals surface area contributed by atoms with E-state index in [9.17, 15) is 0 Å². The highest BCUT2D eigenvalue weighted by Crippen LogP contribution is 2.25. The molecule has 1 aromatic heterocycles. The average molecular weight is 293 g/mol. The minimum Gasteiger partial charge on any atom is -0.336 e. The normalized spacial score (nSPS) is 22.5. The fourth-order valence-electron chi connectivity index (χ4n) is 1.45. The zero-order valence-corrected chi connectivity index (χ0v) is 11.1. The second-order valence-corrected chi connectivity index (χ2v) is 6.38. The lowest BCUT2D eigenvalue weighted by Crippen LogP contribution is -2.19. The molecule has 1 atom stereocenters. The molecule has 0 bridgehead atoms. The van der Waals surface area contributed by atoms with Gasteiger partial charge in [-0.3, -0.25) is 0 Å². The Morgan fingerprint density at radius 1 is 1.57 bits per heavy atom. The maximum atomic E-state index is 4.30. The highest BCUT2D eigenvalue weighted by Gasteiger charge is 2.14. The molecule has 0 N–H and O–H groups in total. The fourth-order valence-corrected chi connectivity index (χ4v) is 4.42. The van der Waals surface area contributed by atoms with Crippen molar-refractivity contribution in [1.29, 1.82) is 0 Å². The van der Waals surface area contributed by atoms with Crippen molar-refractivity contribution in [3.05, 3.63) is 18.2 Å². The SMILES string of the molecule is BrCc1cn(CC2CSCCS2)cn1. The summed E-state index contributed by atoms with van der Waals surface area (Å²) in [4.78, 5) is 4.30. The second kappa shape index (κ2) is 5.47. The Morgan fingerprint density at radius 2 is 2.50 bits per heavy atom. The molecule has 0 aromatic carbocycles. The number of alkyl halides is 1. The number of imidazole rings is 1. The maximum absolute atomic E-state index is 4.30. The molecule has 1 aromatic rings. The van der Waals surface area contributed by atoms with Crippen molar-refractivity contribution in [3.8, 4) is 0 Å². The number of halogens is 1. The van der Waals surface area contributed by atoms with Crippen LogP contribution in [-0.2, 0) is 11.9 Å². The lowest BCUT2D eigenvalue weighted by atomic mass is 10.4. The number of aromatic nitrogens is 2. The smallest absolute Gasteiger partial charge is 0.0950 e. The van der Waals surface area contributed by atoms with Crippen molar-refractivity contribution in [3.63, 3.8) is 0 Å². The third-order valence-electron chi connectivity index (χ3n) is 2.12. The van der Waals surface area contributed by atoms with Gasteiger partial charge in [0.05, 0.1) is 12.0 Å². The highest BCUT2D eigenvalue weighted by atomic mass is 79.9. The molecule has 1 unspecified atom stereocenters. The van der Waals surface area contributed by atoms with Gasteiger partial charge in [-0.25, -0.2) is 4.98 Å². The van der Waals surface area contributed by atoms with Crippen LogP contribution in [0, 0.1) is 0 Å². The largest absolute Gasteiger partial charge is 0.336 e. The number of nitrogens with zero attached hydrogens (tertiary/aromatic N) is 2. The molecule has 1 aliphatic heterocycles. The molecular formula is C9H13BrN2S2. The third kappa shape index (κ3) is 2.94. The van der Waals surface area contributed by atoms with E-state index in [-0.39, 0.29) is 0 Å². The van der Waals surface area contributed by atoms with Crippen molar-refractivity contribution in [1.82, 2.24) is 9.55 Å². The summed E-state index contributed by atoms with van der Waals surface area (Å²) in [5, 5.41) is 1.62. The quantitative estimate of drug-likeness (QED) is 0.798. The molecule has 0 spiro atoms. The van der Waals surface area contributed by atoms with Crippen LogP contribution in [0.3, 0.4) is 0 Å². The van der Waals surface area contributed by atoms with Crippen molar-refractivity contribution >= 4 is 39.5 Å². The lowest BCUT2D eigenvalue weighted by Gasteiger charge is -2.20. The summed E-state index contributed by atoms with van der Waals surface area (Å²) in [6.07, 6.45) is 4.07. The van der Waals surface area contributed by atoms with Crippen LogP contribution in [-0.4, -0.2) is 32.1 Å². The summed E-state index contributed by atoms with van der Waals surface area (Å²) in [6, 6.07) is 0. The molecule has 78 valence electrons. The van der Waals surface area contributed by atoms with Gasteiger partial charge in [0.25, 0.3) is 0 Å². The van der Waals surface area contributed by atoms with Crippen LogP contribution in [0.15, 0.2) is 12.5 Å². The standard InChI is InChI=1S/C9H13BrN2S2/c10-3-8-4-12(7-11-8)5-9-6-13-1-2-14-9/h4,7,9H,1-3,5-6H2. The van der Waals surface area contributed by atoms with E-state index in [1.807, 2.05) is 6.33 Å². The van der Waals surface area contributed by atoms with Crippen LogP contribution < -0.4 is 0 Å². The molecule has 2 heterocycles. The predicted octanol–water partition coefficient (Wildman–Crippen LogP) is 2.63. The molecule has 0 saturated carbocycles. The third-order valence-corrected chi connectivity index (χ3v) is 5.52. The van der Waals surface area contributed by atoms with E-state index in [2.05, 4.69) is 55.2 Å². The minimum atomic E-state index is 0.770. The van der Waals surface area contributed by atoms with Gasteiger partial charge in [0, 0.05) is 40.6 Å². The highest BCUT2D eigenvalue weighted by molar-refractivity contribution is 9.08. The number of rotatable bonds is 3. The second-order valence-electron chi connectivity index (χ2n) is 3.26. The van der Waals surface area contributed by atoms with Gasteiger partial charge in [0.1, 0.15) is 0 Å². The molecule has 5 heteroatoms. The molecule has 2 nitrogen and oxygen atoms in total. The minimum absolute atomic E-state index is 0.770. The lowest BCUT2D eigenvalue weighted by molar-refractivity contribution is 0.694. The molecule has 2 rings (SSSR count). The Balaban J connectivity index is 1.89. The predicted molar refractivity (Wildman–Crippen MR) is 68.4 cm³/mol. The number of thioether (sulfide) groups is 2. The van der Waals surface area contributed by atoms with Crippen LogP contribution in [0.25, 0.3) is 0 Å². The van der Waals surface area contributed by atoms with Crippen molar-refractivity contribution in [2.75, 3.05) is 17.3 Å². The van der Waals surface area contributed by atoms with Gasteiger partial charge in [-0.05, 0) is 0 Å². The molecular weight excluding hydrogens is 280 g/mol. The molecule has 0 aliphatic carbocycles. The topological polar surface area (TPSA) is 17.8 Å². The van der Waals surface area contributed by atoms with Gasteiger partial charge in [-0.1, -0.05) is 15.9 Å². The Hall–Kier alpha value is 0.390. The summed E-state index contributed by atoms with van der Waals surface area (Å²) in [5.74, 6) is 3.90. The van der Waals surface area contributed by atoms with Gasteiger partial charge < -0.3 is 4.57 Å². The van der Waals surface area contributed by atoms with Crippen LogP contribution in [0.5, 0.6) is 0 Å². The monoisotopic (exact) mass is 292 g/mol. The van der Waals surface area contributed by atoms with Gasteiger partial charge >= 0.3 is 0 Å². The van der Waals surface area contributed by atoms with E-state index in [1.54, 1.807) is 0 Å². The summed E-state index contributed by atoms with van der Waals surface area (Å²) >= 11 is 7.58. The average Bonchev–Trinajstić information content (AvgIpc) is 2.67. The Kier molecular flexibility index (Phi) is 4.25. The van der Waals surface area contributed by atoms with E-state index in [0.717, 1.165) is 22.8 Å². The Morgan fingerprint density at radius 3 is 3.14 bits per heavy atom. The van der Waals surface area contributed by atoms with Gasteiger partial charge in [0.2, 0.25) is 0 Å². The maximum Gasteiger partial charge on any atom is 0.0950 e. The first-order valence-corrected chi connectivity index (χ1v) is 7.97. The van der Waals surface area contributed by atoms with Crippen LogP contribution in [0.4, 0.5) is 0 Å². The first-order valence-electron chi connectivity index (χ1n) is 4.64. The van der Waals surface area contributed by atoms with Gasteiger partial charge in [-0.15, -0.1) is 0 Å². The van der Waals surface area contributed by atoms with Crippen molar-refractivity contribution in [2.24, 2.45) is 0 Å². The molecule has 1 saturated heterocycles. The molecule has 1 fully saturated rings. The van der Waals surface area contributed by atoms with Crippen LogP contribution in [0.2, 0.25) is 0 Å². The Labute approximate surface area is 101 Å². The summed E-state index contributed by atoms with van der Waals surface area (Å²) in [7, 11) is 0. The van der Waals surface area contributed by atoms with Crippen LogP contribution in [0.1, 0.15) is 5.69 Å². The first kappa shape index (κ1) is 10.9. The van der Waals surface area contributed by atoms with E-state index in [1.165, 1.54) is 17.3 Å². The van der Waals surface area contributed by atoms with Gasteiger partial charge in [-0.2, -0.15) is 23.5 Å². The zero-order chi connectivity index (χ0) is 9.80. The van der Waals surface area contributed by atoms with Crippen molar-refractivity contribution in [2.45, 2.75) is 17.1 Å². The van der Waals surface area contributed by atoms with E-state index >= 15 is 0 Å². The van der Waals surface area contributed by atoms with Crippen LogP contribution >= 0.6 is 39.5 Å². The molecule has 1 aliphatic rings. The van der Waals surface area contributed by atoms with E-state index in [4.69, 9.17) is 0 Å². The summed E-state index contributed by atoms with van der Waals surface area (Å²) < 4.78 is 2.21. The summed E-state index contributed by atoms with van der Waals surface area (Å²) in [5.41, 5.74) is 1.12. The zero-order valence-electron chi connectivity index (χ0n) is 7.86. The molecule has 0 radical (unpaired) electrons. The number of hydrogen-bond acceptors (Lipinski definition) is 3. The molecule has 14 heavy (non-hydrogen) atoms. The number of hydrogen-bond donors (Lipinski definition) is 0. The summed E-state index contributed by atoms with van der Waals surface area (Å²) in [6.45, 7) is 1.11. The first-order chi connectivity index (χ1) is 6.88.